The maximum absolute atomic E-state index is 12.6. The highest BCUT2D eigenvalue weighted by molar-refractivity contribution is 5.95. The molecule has 0 atom stereocenters. The first-order valence-corrected chi connectivity index (χ1v) is 8.16. The van der Waals surface area contributed by atoms with Gasteiger partial charge in [0.25, 0.3) is 5.91 Å². The largest absolute Gasteiger partial charge is 0.337 e. The van der Waals surface area contributed by atoms with E-state index in [4.69, 9.17) is 0 Å². The van der Waals surface area contributed by atoms with Gasteiger partial charge in [0.15, 0.2) is 0 Å². The van der Waals surface area contributed by atoms with Crippen LogP contribution in [0.15, 0.2) is 79.1 Å². The molecular formula is C21H18N2O. The lowest BCUT2D eigenvalue weighted by Gasteiger charge is -2.39. The van der Waals surface area contributed by atoms with Gasteiger partial charge in [0.2, 0.25) is 0 Å². The molecule has 0 spiro atoms. The molecule has 1 saturated heterocycles. The zero-order chi connectivity index (χ0) is 16.4. The van der Waals surface area contributed by atoms with Crippen molar-refractivity contribution in [1.82, 2.24) is 9.88 Å². The van der Waals surface area contributed by atoms with Crippen LogP contribution in [0.3, 0.4) is 0 Å². The van der Waals surface area contributed by atoms with Crippen LogP contribution in [-0.4, -0.2) is 28.9 Å². The highest BCUT2D eigenvalue weighted by atomic mass is 16.2. The summed E-state index contributed by atoms with van der Waals surface area (Å²) in [5, 5.41) is 0. The number of hydrogen-bond acceptors (Lipinski definition) is 2. The summed E-state index contributed by atoms with van der Waals surface area (Å²) < 4.78 is 0. The number of amides is 1. The molecule has 1 fully saturated rings. The van der Waals surface area contributed by atoms with Gasteiger partial charge >= 0.3 is 0 Å². The maximum Gasteiger partial charge on any atom is 0.253 e. The molecule has 0 aliphatic carbocycles. The Balaban J connectivity index is 1.43. The normalized spacial score (nSPS) is 14.2. The van der Waals surface area contributed by atoms with Gasteiger partial charge in [0, 0.05) is 37.0 Å². The number of hydrogen-bond donors (Lipinski definition) is 0. The van der Waals surface area contributed by atoms with Crippen LogP contribution in [0.25, 0.3) is 11.1 Å². The third kappa shape index (κ3) is 2.81. The molecule has 4 rings (SSSR count). The van der Waals surface area contributed by atoms with Gasteiger partial charge in [0.05, 0.1) is 0 Å². The third-order valence-electron chi connectivity index (χ3n) is 4.59. The fraction of sp³-hybridized carbons (Fsp3) is 0.143. The third-order valence-corrected chi connectivity index (χ3v) is 4.59. The van der Waals surface area contributed by atoms with Crippen molar-refractivity contribution in [3.8, 4) is 11.1 Å². The minimum absolute atomic E-state index is 0.111. The average molecular weight is 314 g/mol. The van der Waals surface area contributed by atoms with Crippen molar-refractivity contribution >= 4 is 5.91 Å². The number of rotatable bonds is 3. The first-order chi connectivity index (χ1) is 11.8. The summed E-state index contributed by atoms with van der Waals surface area (Å²) in [5.74, 6) is 0.542. The van der Waals surface area contributed by atoms with Gasteiger partial charge < -0.3 is 4.90 Å². The molecule has 1 aromatic heterocycles. The van der Waals surface area contributed by atoms with Gasteiger partial charge in [-0.25, -0.2) is 0 Å². The Morgan fingerprint density at radius 3 is 2.12 bits per heavy atom. The topological polar surface area (TPSA) is 33.2 Å². The Bertz CT molecular complexity index is 823. The van der Waals surface area contributed by atoms with Gasteiger partial charge in [-0.05, 0) is 41.0 Å². The first kappa shape index (κ1) is 14.6. The molecular weight excluding hydrogens is 296 g/mol. The summed E-state index contributed by atoms with van der Waals surface area (Å²) in [7, 11) is 0. The van der Waals surface area contributed by atoms with Gasteiger partial charge in [-0.2, -0.15) is 0 Å². The van der Waals surface area contributed by atoms with E-state index in [1.54, 1.807) is 0 Å². The second-order valence-electron chi connectivity index (χ2n) is 6.13. The lowest BCUT2D eigenvalue weighted by Crippen LogP contribution is -2.48. The molecule has 3 nitrogen and oxygen atoms in total. The molecule has 0 bridgehead atoms. The molecule has 3 heteroatoms. The Hall–Kier alpha value is -2.94. The van der Waals surface area contributed by atoms with Crippen LogP contribution in [0.5, 0.6) is 0 Å². The van der Waals surface area contributed by atoms with Gasteiger partial charge in [-0.3, -0.25) is 9.78 Å². The molecule has 0 unspecified atom stereocenters. The summed E-state index contributed by atoms with van der Waals surface area (Å²) in [4.78, 5) is 18.5. The molecule has 2 aromatic carbocycles. The van der Waals surface area contributed by atoms with Crippen LogP contribution in [0.2, 0.25) is 0 Å². The highest BCUT2D eigenvalue weighted by Gasteiger charge is 2.32. The SMILES string of the molecule is O=C(c1ccc(-c2ccccc2)cc1)N1CC(c2ccncc2)C1. The van der Waals surface area contributed by atoms with E-state index in [0.29, 0.717) is 5.92 Å². The van der Waals surface area contributed by atoms with Crippen molar-refractivity contribution in [1.29, 1.82) is 0 Å². The summed E-state index contributed by atoms with van der Waals surface area (Å²) in [6.07, 6.45) is 3.62. The number of aromatic nitrogens is 1. The maximum atomic E-state index is 12.6. The predicted octanol–water partition coefficient (Wildman–Crippen LogP) is 3.99. The Kier molecular flexibility index (Phi) is 3.83. The van der Waals surface area contributed by atoms with E-state index in [2.05, 4.69) is 17.1 Å². The first-order valence-electron chi connectivity index (χ1n) is 8.16. The summed E-state index contributed by atoms with van der Waals surface area (Å²) in [6, 6.07) is 22.1. The lowest BCUT2D eigenvalue weighted by molar-refractivity contribution is 0.0602. The van der Waals surface area contributed by atoms with E-state index >= 15 is 0 Å². The number of benzene rings is 2. The van der Waals surface area contributed by atoms with Crippen molar-refractivity contribution in [3.63, 3.8) is 0 Å². The van der Waals surface area contributed by atoms with E-state index in [0.717, 1.165) is 24.2 Å². The van der Waals surface area contributed by atoms with E-state index in [1.165, 1.54) is 11.1 Å². The van der Waals surface area contributed by atoms with Crippen molar-refractivity contribution < 1.29 is 4.79 Å². The molecule has 1 aliphatic heterocycles. The van der Waals surface area contributed by atoms with Gasteiger partial charge in [-0.15, -0.1) is 0 Å². The van der Waals surface area contributed by atoms with Gasteiger partial charge in [0.1, 0.15) is 0 Å². The number of likely N-dealkylation sites (tertiary alicyclic amines) is 1. The molecule has 2 heterocycles. The smallest absolute Gasteiger partial charge is 0.253 e. The highest BCUT2D eigenvalue weighted by Crippen LogP contribution is 2.28. The van der Waals surface area contributed by atoms with Crippen LogP contribution in [-0.2, 0) is 0 Å². The lowest BCUT2D eigenvalue weighted by atomic mass is 9.91. The standard InChI is InChI=1S/C21H18N2O/c24-21(23-14-20(15-23)18-10-12-22-13-11-18)19-8-6-17(7-9-19)16-4-2-1-3-5-16/h1-13,20H,14-15H2. The van der Waals surface area contributed by atoms with Crippen molar-refractivity contribution in [2.24, 2.45) is 0 Å². The number of pyridine rings is 1. The average Bonchev–Trinajstić information content (AvgIpc) is 2.62. The van der Waals surface area contributed by atoms with Crippen molar-refractivity contribution in [2.45, 2.75) is 5.92 Å². The molecule has 3 aromatic rings. The summed E-state index contributed by atoms with van der Waals surface area (Å²) in [6.45, 7) is 1.56. The Labute approximate surface area is 141 Å². The zero-order valence-electron chi connectivity index (χ0n) is 13.3. The van der Waals surface area contributed by atoms with Crippen molar-refractivity contribution in [2.75, 3.05) is 13.1 Å². The molecule has 0 N–H and O–H groups in total. The van der Waals surface area contributed by atoms with Crippen LogP contribution < -0.4 is 0 Å². The minimum atomic E-state index is 0.111. The predicted molar refractivity (Wildman–Crippen MR) is 94.8 cm³/mol. The van der Waals surface area contributed by atoms with Crippen LogP contribution in [0, 0.1) is 0 Å². The molecule has 24 heavy (non-hydrogen) atoms. The zero-order valence-corrected chi connectivity index (χ0v) is 13.3. The monoisotopic (exact) mass is 314 g/mol. The Morgan fingerprint density at radius 2 is 1.46 bits per heavy atom. The fourth-order valence-corrected chi connectivity index (χ4v) is 3.11. The van der Waals surface area contributed by atoms with E-state index in [9.17, 15) is 4.79 Å². The molecule has 0 radical (unpaired) electrons. The summed E-state index contributed by atoms with van der Waals surface area (Å²) >= 11 is 0. The second kappa shape index (κ2) is 6.28. The number of carbonyl (C=O) groups excluding carboxylic acids is 1. The molecule has 1 aliphatic rings. The number of carbonyl (C=O) groups is 1. The molecule has 0 saturated carbocycles. The van der Waals surface area contributed by atoms with Crippen LogP contribution in [0.1, 0.15) is 21.8 Å². The molecule has 118 valence electrons. The fourth-order valence-electron chi connectivity index (χ4n) is 3.11. The minimum Gasteiger partial charge on any atom is -0.337 e. The quantitative estimate of drug-likeness (QED) is 0.732. The van der Waals surface area contributed by atoms with E-state index < -0.39 is 0 Å². The Morgan fingerprint density at radius 1 is 0.833 bits per heavy atom. The van der Waals surface area contributed by atoms with Crippen molar-refractivity contribution in [3.05, 3.63) is 90.3 Å². The van der Waals surface area contributed by atoms with E-state index in [-0.39, 0.29) is 5.91 Å². The van der Waals surface area contributed by atoms with Crippen LogP contribution in [0.4, 0.5) is 0 Å². The van der Waals surface area contributed by atoms with Gasteiger partial charge in [-0.1, -0.05) is 42.5 Å². The number of nitrogens with zero attached hydrogens (tertiary/aromatic N) is 2. The second-order valence-corrected chi connectivity index (χ2v) is 6.13. The van der Waals surface area contributed by atoms with E-state index in [1.807, 2.05) is 71.9 Å². The molecule has 1 amide bonds. The van der Waals surface area contributed by atoms with Crippen LogP contribution >= 0.6 is 0 Å². The summed E-state index contributed by atoms with van der Waals surface area (Å²) in [5.41, 5.74) is 4.31.